The van der Waals surface area contributed by atoms with E-state index >= 15 is 0 Å². The molecule has 0 radical (unpaired) electrons. The molecule has 1 saturated carbocycles. The van der Waals surface area contributed by atoms with Gasteiger partial charge in [-0.1, -0.05) is 18.2 Å². The highest BCUT2D eigenvalue weighted by Crippen LogP contribution is 2.63. The van der Waals surface area contributed by atoms with Gasteiger partial charge >= 0.3 is 12.1 Å². The third-order valence-corrected chi connectivity index (χ3v) is 4.92. The molecule has 0 spiro atoms. The predicted molar refractivity (Wildman–Crippen MR) is 70.6 cm³/mol. The molecular weight excluding hydrogens is 299 g/mol. The number of piperidine rings is 1. The third kappa shape index (κ3) is 2.27. The van der Waals surface area contributed by atoms with E-state index in [9.17, 15) is 27.9 Å². The van der Waals surface area contributed by atoms with E-state index < -0.39 is 29.5 Å². The van der Waals surface area contributed by atoms with Crippen molar-refractivity contribution >= 4 is 11.7 Å². The quantitative estimate of drug-likeness (QED) is 0.839. The smallest absolute Gasteiger partial charge is 0.388 e. The number of alkyl halides is 3. The van der Waals surface area contributed by atoms with E-state index in [1.807, 2.05) is 0 Å². The maximum atomic E-state index is 12.5. The first kappa shape index (κ1) is 15.3. The van der Waals surface area contributed by atoms with Crippen molar-refractivity contribution in [1.82, 2.24) is 4.90 Å². The van der Waals surface area contributed by atoms with E-state index in [1.54, 1.807) is 12.2 Å². The number of aliphatic hydroxyl groups excluding tert-OH is 1. The monoisotopic (exact) mass is 315 g/mol. The average Bonchev–Trinajstić information content (AvgIpc) is 2.99. The molecule has 120 valence electrons. The normalized spacial score (nSPS) is 36.9. The Labute approximate surface area is 125 Å². The Hall–Kier alpha value is -1.63. The molecule has 7 heteroatoms. The van der Waals surface area contributed by atoms with Crippen LogP contribution in [0, 0.1) is 17.3 Å². The van der Waals surface area contributed by atoms with Gasteiger partial charge in [-0.2, -0.15) is 13.2 Å². The summed E-state index contributed by atoms with van der Waals surface area (Å²) in [6.07, 6.45) is -0.220. The summed E-state index contributed by atoms with van der Waals surface area (Å²) < 4.78 is 37.6. The zero-order valence-corrected chi connectivity index (χ0v) is 11.9. The summed E-state index contributed by atoms with van der Waals surface area (Å²) >= 11 is 0. The number of carbonyl (C=O) groups excluding carboxylic acids is 2. The van der Waals surface area contributed by atoms with Crippen molar-refractivity contribution in [3.8, 4) is 0 Å². The minimum Gasteiger partial charge on any atom is -0.388 e. The molecule has 1 amide bonds. The molecule has 2 aliphatic carbocycles. The van der Waals surface area contributed by atoms with E-state index in [4.69, 9.17) is 0 Å². The molecule has 0 aromatic rings. The maximum absolute atomic E-state index is 12.5. The van der Waals surface area contributed by atoms with Gasteiger partial charge in [-0.05, 0) is 24.8 Å². The Balaban J connectivity index is 1.80. The zero-order valence-electron chi connectivity index (χ0n) is 11.9. The molecule has 1 N–H and O–H groups in total. The predicted octanol–water partition coefficient (Wildman–Crippen LogP) is 1.46. The van der Waals surface area contributed by atoms with Gasteiger partial charge in [0, 0.05) is 18.5 Å². The van der Waals surface area contributed by atoms with Crippen molar-refractivity contribution in [2.24, 2.45) is 17.3 Å². The molecule has 4 unspecified atom stereocenters. The number of aliphatic hydroxyl groups is 1. The van der Waals surface area contributed by atoms with E-state index in [2.05, 4.69) is 0 Å². The van der Waals surface area contributed by atoms with Crippen LogP contribution in [0.2, 0.25) is 0 Å². The van der Waals surface area contributed by atoms with E-state index in [-0.39, 0.29) is 24.8 Å². The Kier molecular flexibility index (Phi) is 3.25. The summed E-state index contributed by atoms with van der Waals surface area (Å²) in [5.74, 6) is -2.66. The third-order valence-electron chi connectivity index (χ3n) is 4.92. The molecule has 1 saturated heterocycles. The van der Waals surface area contributed by atoms with Crippen molar-refractivity contribution in [2.45, 2.75) is 25.6 Å². The first-order valence-electron chi connectivity index (χ1n) is 7.10. The first-order chi connectivity index (χ1) is 10.1. The summed E-state index contributed by atoms with van der Waals surface area (Å²) in [6, 6.07) is 0. The number of Topliss-reactive ketones (excluding diaryl/α,β-unsaturated/α-hetero) is 1. The lowest BCUT2D eigenvalue weighted by Crippen LogP contribution is -2.41. The standard InChI is InChI=1S/C15H16F3NO3/c1-8(20)11-4-9(2-3-12(11)21)14-5-10(14)6-19(7-14)13(22)15(16,17)18/h2-4,10-12,21H,5-7H2,1H3. The van der Waals surface area contributed by atoms with E-state index in [0.29, 0.717) is 6.42 Å². The molecule has 0 bridgehead atoms. The number of rotatable bonds is 2. The average molecular weight is 315 g/mol. The number of nitrogens with zero attached hydrogens (tertiary/aromatic N) is 1. The van der Waals surface area contributed by atoms with Gasteiger partial charge in [0.25, 0.3) is 0 Å². The van der Waals surface area contributed by atoms with Crippen molar-refractivity contribution < 1.29 is 27.9 Å². The van der Waals surface area contributed by atoms with Gasteiger partial charge in [0.2, 0.25) is 0 Å². The minimum atomic E-state index is -4.85. The molecule has 4 atom stereocenters. The van der Waals surface area contributed by atoms with Crippen LogP contribution in [0.3, 0.4) is 0 Å². The highest BCUT2D eigenvalue weighted by atomic mass is 19.4. The molecule has 1 aliphatic heterocycles. The molecule has 0 aromatic heterocycles. The Bertz CT molecular complexity index is 595. The Morgan fingerprint density at radius 3 is 2.68 bits per heavy atom. The van der Waals surface area contributed by atoms with E-state index in [0.717, 1.165) is 10.5 Å². The summed E-state index contributed by atoms with van der Waals surface area (Å²) in [5.41, 5.74) is 0.283. The summed E-state index contributed by atoms with van der Waals surface area (Å²) in [4.78, 5) is 23.7. The van der Waals surface area contributed by atoms with Crippen LogP contribution < -0.4 is 0 Å². The number of hydrogen-bond acceptors (Lipinski definition) is 3. The molecule has 22 heavy (non-hydrogen) atoms. The summed E-state index contributed by atoms with van der Waals surface area (Å²) in [5, 5.41) is 9.78. The van der Waals surface area contributed by atoms with Crippen LogP contribution in [0.1, 0.15) is 13.3 Å². The van der Waals surface area contributed by atoms with Crippen LogP contribution in [-0.4, -0.2) is 47.1 Å². The van der Waals surface area contributed by atoms with Gasteiger partial charge < -0.3 is 10.0 Å². The Morgan fingerprint density at radius 1 is 1.41 bits per heavy atom. The van der Waals surface area contributed by atoms with Crippen LogP contribution in [-0.2, 0) is 9.59 Å². The van der Waals surface area contributed by atoms with Crippen LogP contribution >= 0.6 is 0 Å². The number of likely N-dealkylation sites (tertiary alicyclic amines) is 1. The molecule has 3 rings (SSSR count). The number of allylic oxidation sites excluding steroid dienone is 1. The lowest BCUT2D eigenvalue weighted by molar-refractivity contribution is -0.185. The fraction of sp³-hybridized carbons (Fsp3) is 0.600. The Morgan fingerprint density at radius 2 is 2.09 bits per heavy atom. The van der Waals surface area contributed by atoms with Gasteiger partial charge in [-0.25, -0.2) is 0 Å². The van der Waals surface area contributed by atoms with Crippen molar-refractivity contribution in [1.29, 1.82) is 0 Å². The second kappa shape index (κ2) is 4.68. The lowest BCUT2D eigenvalue weighted by Gasteiger charge is -2.26. The lowest BCUT2D eigenvalue weighted by atomic mass is 9.83. The van der Waals surface area contributed by atoms with Crippen molar-refractivity contribution in [3.05, 3.63) is 23.8 Å². The fourth-order valence-electron chi connectivity index (χ4n) is 3.62. The number of amides is 1. The minimum absolute atomic E-state index is 0.00227. The molecule has 2 fully saturated rings. The van der Waals surface area contributed by atoms with Gasteiger partial charge in [-0.15, -0.1) is 0 Å². The zero-order chi connectivity index (χ0) is 16.3. The largest absolute Gasteiger partial charge is 0.471 e. The number of halogens is 3. The summed E-state index contributed by atoms with van der Waals surface area (Å²) in [7, 11) is 0. The molecular formula is C15H16F3NO3. The number of fused-ring (bicyclic) bond motifs is 1. The van der Waals surface area contributed by atoms with Gasteiger partial charge in [0.05, 0.1) is 12.0 Å². The van der Waals surface area contributed by atoms with Crippen LogP contribution in [0.25, 0.3) is 0 Å². The second-order valence-corrected chi connectivity index (χ2v) is 6.35. The van der Waals surface area contributed by atoms with Crippen molar-refractivity contribution in [3.63, 3.8) is 0 Å². The van der Waals surface area contributed by atoms with Crippen LogP contribution in [0.4, 0.5) is 13.2 Å². The van der Waals surface area contributed by atoms with Crippen LogP contribution in [0.5, 0.6) is 0 Å². The van der Waals surface area contributed by atoms with Crippen molar-refractivity contribution in [2.75, 3.05) is 13.1 Å². The highest BCUT2D eigenvalue weighted by molar-refractivity contribution is 5.83. The second-order valence-electron chi connectivity index (χ2n) is 6.35. The number of ketones is 1. The topological polar surface area (TPSA) is 57.6 Å². The fourth-order valence-corrected chi connectivity index (χ4v) is 3.62. The SMILES string of the molecule is CC(=O)C1C=C(C23CC2CN(C(=O)C(F)(F)F)C3)C=CC1O. The highest BCUT2D eigenvalue weighted by Gasteiger charge is 2.64. The molecule has 4 nitrogen and oxygen atoms in total. The van der Waals surface area contributed by atoms with Gasteiger partial charge in [0.1, 0.15) is 5.78 Å². The first-order valence-corrected chi connectivity index (χ1v) is 7.10. The maximum Gasteiger partial charge on any atom is 0.471 e. The van der Waals surface area contributed by atoms with Crippen LogP contribution in [0.15, 0.2) is 23.8 Å². The molecule has 0 aromatic carbocycles. The molecule has 1 heterocycles. The van der Waals surface area contributed by atoms with E-state index in [1.165, 1.54) is 13.0 Å². The van der Waals surface area contributed by atoms with Gasteiger partial charge in [0.15, 0.2) is 0 Å². The van der Waals surface area contributed by atoms with Gasteiger partial charge in [-0.3, -0.25) is 9.59 Å². The summed E-state index contributed by atoms with van der Waals surface area (Å²) in [6.45, 7) is 1.49. The number of hydrogen-bond donors (Lipinski definition) is 1. The molecule has 3 aliphatic rings. The number of carbonyl (C=O) groups is 2.